The van der Waals surface area contributed by atoms with Crippen molar-refractivity contribution >= 4 is 5.97 Å². The zero-order valence-electron chi connectivity index (χ0n) is 13.3. The van der Waals surface area contributed by atoms with Gasteiger partial charge >= 0.3 is 5.97 Å². The Labute approximate surface area is 131 Å². The monoisotopic (exact) mass is 308 g/mol. The summed E-state index contributed by atoms with van der Waals surface area (Å²) >= 11 is 0. The van der Waals surface area contributed by atoms with E-state index in [4.69, 9.17) is 14.2 Å². The van der Waals surface area contributed by atoms with Crippen LogP contribution in [0.25, 0.3) is 0 Å². The highest BCUT2D eigenvalue weighted by molar-refractivity contribution is 5.89. The molecule has 0 N–H and O–H groups in total. The van der Waals surface area contributed by atoms with Gasteiger partial charge in [-0.2, -0.15) is 0 Å². The van der Waals surface area contributed by atoms with Crippen molar-refractivity contribution in [3.8, 4) is 5.75 Å². The minimum atomic E-state index is -0.339. The molecule has 0 atom stereocenters. The lowest BCUT2D eigenvalue weighted by Gasteiger charge is -2.37. The maximum absolute atomic E-state index is 11.3. The third-order valence-electron chi connectivity index (χ3n) is 3.58. The molecule has 0 unspecified atom stereocenters. The molecular formula is C17H24O5. The first kappa shape index (κ1) is 16.8. The highest BCUT2D eigenvalue weighted by Crippen LogP contribution is 2.26. The van der Waals surface area contributed by atoms with Crippen LogP contribution in [-0.4, -0.2) is 46.1 Å². The van der Waals surface area contributed by atoms with E-state index in [9.17, 15) is 4.79 Å². The smallest absolute Gasteiger partial charge is 0.337 e. The normalized spacial score (nSPS) is 15.9. The lowest BCUT2D eigenvalue weighted by atomic mass is 9.90. The van der Waals surface area contributed by atoms with Crippen molar-refractivity contribution in [2.45, 2.75) is 19.8 Å². The summed E-state index contributed by atoms with van der Waals surface area (Å²) in [4.78, 5) is 11.3. The molecule has 0 aromatic heterocycles. The fourth-order valence-corrected chi connectivity index (χ4v) is 2.15. The van der Waals surface area contributed by atoms with Crippen molar-refractivity contribution in [2.24, 2.45) is 5.41 Å². The lowest BCUT2D eigenvalue weighted by Crippen LogP contribution is -2.43. The SMILES string of the molecule is COC(=O)c1ccc(OCCCCOCC2(C)COC2)cc1. The van der Waals surface area contributed by atoms with E-state index in [1.807, 2.05) is 0 Å². The van der Waals surface area contributed by atoms with Crippen molar-refractivity contribution in [2.75, 3.05) is 40.1 Å². The molecule has 0 aliphatic carbocycles. The Hall–Kier alpha value is -1.59. The molecule has 1 aliphatic rings. The summed E-state index contributed by atoms with van der Waals surface area (Å²) in [6.07, 6.45) is 1.91. The van der Waals surface area contributed by atoms with Crippen LogP contribution in [0.2, 0.25) is 0 Å². The Morgan fingerprint density at radius 1 is 1.18 bits per heavy atom. The topological polar surface area (TPSA) is 54.0 Å². The van der Waals surface area contributed by atoms with Crippen molar-refractivity contribution < 1.29 is 23.7 Å². The van der Waals surface area contributed by atoms with Gasteiger partial charge in [0, 0.05) is 12.0 Å². The van der Waals surface area contributed by atoms with Gasteiger partial charge < -0.3 is 18.9 Å². The molecule has 122 valence electrons. The molecule has 1 fully saturated rings. The highest BCUT2D eigenvalue weighted by Gasteiger charge is 2.33. The average Bonchev–Trinajstić information content (AvgIpc) is 2.52. The van der Waals surface area contributed by atoms with Gasteiger partial charge in [0.1, 0.15) is 5.75 Å². The molecule has 0 amide bonds. The van der Waals surface area contributed by atoms with E-state index in [1.165, 1.54) is 7.11 Å². The largest absolute Gasteiger partial charge is 0.494 e. The second kappa shape index (κ2) is 8.15. The molecule has 1 aromatic rings. The maximum atomic E-state index is 11.3. The van der Waals surface area contributed by atoms with E-state index in [0.717, 1.165) is 45.0 Å². The lowest BCUT2D eigenvalue weighted by molar-refractivity contribution is -0.138. The minimum absolute atomic E-state index is 0.220. The molecule has 1 aliphatic heterocycles. The molecule has 5 nitrogen and oxygen atoms in total. The number of hydrogen-bond acceptors (Lipinski definition) is 5. The van der Waals surface area contributed by atoms with Crippen LogP contribution in [0.1, 0.15) is 30.1 Å². The number of carbonyl (C=O) groups is 1. The molecule has 0 spiro atoms. The summed E-state index contributed by atoms with van der Waals surface area (Å²) in [6, 6.07) is 6.96. The third-order valence-corrected chi connectivity index (χ3v) is 3.58. The number of hydrogen-bond donors (Lipinski definition) is 0. The summed E-state index contributed by atoms with van der Waals surface area (Å²) in [6.45, 7) is 5.94. The maximum Gasteiger partial charge on any atom is 0.337 e. The number of ether oxygens (including phenoxy) is 4. The Morgan fingerprint density at radius 2 is 1.86 bits per heavy atom. The fraction of sp³-hybridized carbons (Fsp3) is 0.588. The number of methoxy groups -OCH3 is 1. The average molecular weight is 308 g/mol. The molecular weight excluding hydrogens is 284 g/mol. The van der Waals surface area contributed by atoms with Gasteiger partial charge in [0.15, 0.2) is 0 Å². The molecule has 1 heterocycles. The standard InChI is InChI=1S/C17H24O5/c1-17(12-21-13-17)11-20-9-3-4-10-22-15-7-5-14(6-8-15)16(18)19-2/h5-8H,3-4,9-13H2,1-2H3. The zero-order chi connectivity index (χ0) is 15.8. The van der Waals surface area contributed by atoms with Crippen molar-refractivity contribution in [3.05, 3.63) is 29.8 Å². The highest BCUT2D eigenvalue weighted by atomic mass is 16.5. The van der Waals surface area contributed by atoms with E-state index in [-0.39, 0.29) is 11.4 Å². The Morgan fingerprint density at radius 3 is 2.45 bits per heavy atom. The van der Waals surface area contributed by atoms with E-state index in [0.29, 0.717) is 12.2 Å². The molecule has 1 aromatic carbocycles. The van der Waals surface area contributed by atoms with Gasteiger partial charge in [-0.15, -0.1) is 0 Å². The molecule has 22 heavy (non-hydrogen) atoms. The molecule has 0 radical (unpaired) electrons. The van der Waals surface area contributed by atoms with Crippen molar-refractivity contribution in [3.63, 3.8) is 0 Å². The second-order valence-corrected chi connectivity index (χ2v) is 5.93. The Kier molecular flexibility index (Phi) is 6.21. The second-order valence-electron chi connectivity index (χ2n) is 5.93. The van der Waals surface area contributed by atoms with Crippen molar-refractivity contribution in [1.82, 2.24) is 0 Å². The van der Waals surface area contributed by atoms with Gasteiger partial charge in [0.25, 0.3) is 0 Å². The first-order chi connectivity index (χ1) is 10.6. The summed E-state index contributed by atoms with van der Waals surface area (Å²) in [7, 11) is 1.37. The number of unbranched alkanes of at least 4 members (excludes halogenated alkanes) is 1. The van der Waals surface area contributed by atoms with Crippen molar-refractivity contribution in [1.29, 1.82) is 0 Å². The first-order valence-electron chi connectivity index (χ1n) is 7.60. The summed E-state index contributed by atoms with van der Waals surface area (Å²) in [5.74, 6) is 0.418. The van der Waals surface area contributed by atoms with Crippen LogP contribution in [0.15, 0.2) is 24.3 Å². The van der Waals surface area contributed by atoms with E-state index < -0.39 is 0 Å². The van der Waals surface area contributed by atoms with Gasteiger partial charge in [-0.3, -0.25) is 0 Å². The van der Waals surface area contributed by atoms with Gasteiger partial charge in [-0.25, -0.2) is 4.79 Å². The number of esters is 1. The third kappa shape index (κ3) is 5.00. The number of benzene rings is 1. The van der Waals surface area contributed by atoms with Crippen LogP contribution >= 0.6 is 0 Å². The quantitative estimate of drug-likeness (QED) is 0.518. The summed E-state index contributed by atoms with van der Waals surface area (Å²) < 4.78 is 21.1. The number of rotatable bonds is 9. The Balaban J connectivity index is 1.54. The molecule has 2 rings (SSSR count). The van der Waals surface area contributed by atoms with Crippen LogP contribution < -0.4 is 4.74 Å². The summed E-state index contributed by atoms with van der Waals surface area (Å²) in [5.41, 5.74) is 0.745. The van der Waals surface area contributed by atoms with Crippen LogP contribution in [0.3, 0.4) is 0 Å². The first-order valence-corrected chi connectivity index (χ1v) is 7.60. The molecule has 0 saturated carbocycles. The summed E-state index contributed by atoms with van der Waals surface area (Å²) in [5, 5.41) is 0. The predicted molar refractivity (Wildman–Crippen MR) is 82.3 cm³/mol. The van der Waals surface area contributed by atoms with Crippen LogP contribution in [0.4, 0.5) is 0 Å². The Bertz CT molecular complexity index is 464. The van der Waals surface area contributed by atoms with Crippen LogP contribution in [-0.2, 0) is 14.2 Å². The van der Waals surface area contributed by atoms with Crippen LogP contribution in [0.5, 0.6) is 5.75 Å². The van der Waals surface area contributed by atoms with E-state index in [1.54, 1.807) is 24.3 Å². The van der Waals surface area contributed by atoms with E-state index in [2.05, 4.69) is 11.7 Å². The molecule has 0 bridgehead atoms. The van der Waals surface area contributed by atoms with E-state index >= 15 is 0 Å². The van der Waals surface area contributed by atoms with Gasteiger partial charge in [0.2, 0.25) is 0 Å². The number of carbonyl (C=O) groups excluding carboxylic acids is 1. The molecule has 1 saturated heterocycles. The van der Waals surface area contributed by atoms with Gasteiger partial charge in [-0.05, 0) is 37.1 Å². The predicted octanol–water partition coefficient (Wildman–Crippen LogP) is 2.69. The zero-order valence-corrected chi connectivity index (χ0v) is 13.3. The fourth-order valence-electron chi connectivity index (χ4n) is 2.15. The van der Waals surface area contributed by atoms with Gasteiger partial charge in [-0.1, -0.05) is 6.92 Å². The van der Waals surface area contributed by atoms with Gasteiger partial charge in [0.05, 0.1) is 39.1 Å². The van der Waals surface area contributed by atoms with Crippen LogP contribution in [0, 0.1) is 5.41 Å². The molecule has 5 heteroatoms. The minimum Gasteiger partial charge on any atom is -0.494 e.